The lowest BCUT2D eigenvalue weighted by Crippen LogP contribution is -2.44. The van der Waals surface area contributed by atoms with Crippen molar-refractivity contribution in [2.45, 2.75) is 18.9 Å². The molecule has 7 nitrogen and oxygen atoms in total. The van der Waals surface area contributed by atoms with Gasteiger partial charge in [-0.3, -0.25) is 4.79 Å². The molecular formula is C11H15N3O4. The highest BCUT2D eigenvalue weighted by molar-refractivity contribution is 5.94. The lowest BCUT2D eigenvalue weighted by Gasteiger charge is -2.31. The number of hydrogen-bond donors (Lipinski definition) is 2. The molecule has 0 bridgehead atoms. The van der Waals surface area contributed by atoms with Gasteiger partial charge in [0.25, 0.3) is 5.91 Å². The summed E-state index contributed by atoms with van der Waals surface area (Å²) >= 11 is 0. The zero-order valence-corrected chi connectivity index (χ0v) is 10.0. The molecule has 7 heteroatoms. The predicted octanol–water partition coefficient (Wildman–Crippen LogP) is 0.197. The van der Waals surface area contributed by atoms with Crippen LogP contribution in [0.4, 0.5) is 0 Å². The number of carboxylic acid groups (broad SMARTS) is 1. The Morgan fingerprint density at radius 3 is 2.72 bits per heavy atom. The van der Waals surface area contributed by atoms with Crippen LogP contribution in [0.1, 0.15) is 33.9 Å². The average molecular weight is 253 g/mol. The molecule has 0 aromatic carbocycles. The Labute approximate surface area is 104 Å². The fourth-order valence-corrected chi connectivity index (χ4v) is 2.02. The second kappa shape index (κ2) is 5.18. The van der Waals surface area contributed by atoms with Crippen LogP contribution in [0.3, 0.4) is 0 Å². The molecule has 1 aliphatic heterocycles. The molecule has 1 aromatic rings. The summed E-state index contributed by atoms with van der Waals surface area (Å²) in [7, 11) is 1.70. The normalized spacial score (nSPS) is 16.5. The van der Waals surface area contributed by atoms with E-state index in [-0.39, 0.29) is 23.4 Å². The monoisotopic (exact) mass is 253 g/mol. The molecule has 1 saturated heterocycles. The molecule has 0 aliphatic carbocycles. The number of aromatic nitrogens is 1. The maximum atomic E-state index is 12.1. The first-order valence-electron chi connectivity index (χ1n) is 5.77. The Morgan fingerprint density at radius 2 is 2.17 bits per heavy atom. The van der Waals surface area contributed by atoms with Crippen LogP contribution in [0.5, 0.6) is 0 Å². The summed E-state index contributed by atoms with van der Waals surface area (Å²) in [5, 5.41) is 15.4. The third-order valence-corrected chi connectivity index (χ3v) is 3.12. The van der Waals surface area contributed by atoms with Crippen molar-refractivity contribution in [2.24, 2.45) is 0 Å². The lowest BCUT2D eigenvalue weighted by molar-refractivity contribution is 0.0644. The molecule has 0 radical (unpaired) electrons. The molecule has 98 valence electrons. The van der Waals surface area contributed by atoms with Crippen LogP contribution in [0.25, 0.3) is 0 Å². The molecule has 2 N–H and O–H groups in total. The lowest BCUT2D eigenvalue weighted by atomic mass is 10.1. The van der Waals surface area contributed by atoms with Crippen molar-refractivity contribution in [3.63, 3.8) is 0 Å². The van der Waals surface area contributed by atoms with Crippen LogP contribution >= 0.6 is 0 Å². The SMILES string of the molecule is CN(C(=O)c1cc(C(=O)O)on1)C1CCNCC1. The molecule has 0 atom stereocenters. The number of aromatic carboxylic acids is 1. The Balaban J connectivity index is 2.07. The van der Waals surface area contributed by atoms with Gasteiger partial charge in [-0.15, -0.1) is 0 Å². The Bertz CT molecular complexity index is 451. The van der Waals surface area contributed by atoms with Crippen molar-refractivity contribution in [1.82, 2.24) is 15.4 Å². The number of nitrogens with zero attached hydrogens (tertiary/aromatic N) is 2. The van der Waals surface area contributed by atoms with E-state index in [4.69, 9.17) is 5.11 Å². The molecule has 1 aliphatic rings. The second-order valence-corrected chi connectivity index (χ2v) is 4.28. The number of rotatable bonds is 3. The van der Waals surface area contributed by atoms with Crippen molar-refractivity contribution in [3.05, 3.63) is 17.5 Å². The largest absolute Gasteiger partial charge is 0.475 e. The van der Waals surface area contributed by atoms with Crippen molar-refractivity contribution in [1.29, 1.82) is 0 Å². The van der Waals surface area contributed by atoms with Gasteiger partial charge in [0.1, 0.15) is 0 Å². The van der Waals surface area contributed by atoms with E-state index in [0.717, 1.165) is 32.0 Å². The number of nitrogens with one attached hydrogen (secondary N) is 1. The van der Waals surface area contributed by atoms with E-state index in [1.807, 2.05) is 0 Å². The first kappa shape index (κ1) is 12.6. The summed E-state index contributed by atoms with van der Waals surface area (Å²) in [5.74, 6) is -1.86. The summed E-state index contributed by atoms with van der Waals surface area (Å²) in [4.78, 5) is 24.3. The number of amides is 1. The van der Waals surface area contributed by atoms with Crippen LogP contribution in [0.15, 0.2) is 10.6 Å². The maximum Gasteiger partial charge on any atom is 0.374 e. The van der Waals surface area contributed by atoms with Gasteiger partial charge in [0.05, 0.1) is 0 Å². The molecule has 2 heterocycles. The van der Waals surface area contributed by atoms with Crippen molar-refractivity contribution in [3.8, 4) is 0 Å². The standard InChI is InChI=1S/C11H15N3O4/c1-14(7-2-4-12-5-3-7)10(15)8-6-9(11(16)17)18-13-8/h6-7,12H,2-5H2,1H3,(H,16,17). The Morgan fingerprint density at radius 1 is 1.50 bits per heavy atom. The number of carbonyl (C=O) groups excluding carboxylic acids is 1. The highest BCUT2D eigenvalue weighted by atomic mass is 16.5. The molecule has 0 saturated carbocycles. The first-order chi connectivity index (χ1) is 8.59. The van der Waals surface area contributed by atoms with Gasteiger partial charge in [0.2, 0.25) is 5.76 Å². The van der Waals surface area contributed by atoms with Crippen LogP contribution in [-0.4, -0.2) is 53.2 Å². The smallest absolute Gasteiger partial charge is 0.374 e. The Hall–Kier alpha value is -1.89. The van der Waals surface area contributed by atoms with Crippen LogP contribution in [-0.2, 0) is 0 Å². The topological polar surface area (TPSA) is 95.7 Å². The van der Waals surface area contributed by atoms with Crippen LogP contribution in [0.2, 0.25) is 0 Å². The van der Waals surface area contributed by atoms with Crippen molar-refractivity contribution in [2.75, 3.05) is 20.1 Å². The maximum absolute atomic E-state index is 12.1. The fraction of sp³-hybridized carbons (Fsp3) is 0.545. The van der Waals surface area contributed by atoms with Gasteiger partial charge < -0.3 is 19.8 Å². The molecule has 18 heavy (non-hydrogen) atoms. The predicted molar refractivity (Wildman–Crippen MR) is 61.4 cm³/mol. The van der Waals surface area contributed by atoms with E-state index in [1.54, 1.807) is 11.9 Å². The molecular weight excluding hydrogens is 238 g/mol. The van der Waals surface area contributed by atoms with Crippen LogP contribution < -0.4 is 5.32 Å². The summed E-state index contributed by atoms with van der Waals surface area (Å²) in [6.45, 7) is 1.75. The van der Waals surface area contributed by atoms with Crippen LogP contribution in [0, 0.1) is 0 Å². The van der Waals surface area contributed by atoms with E-state index in [9.17, 15) is 9.59 Å². The number of hydrogen-bond acceptors (Lipinski definition) is 5. The summed E-state index contributed by atoms with van der Waals surface area (Å²) in [6, 6.07) is 1.31. The van der Waals surface area contributed by atoms with E-state index < -0.39 is 5.97 Å². The minimum atomic E-state index is -1.23. The van der Waals surface area contributed by atoms with Crippen molar-refractivity contribution >= 4 is 11.9 Å². The highest BCUT2D eigenvalue weighted by Gasteiger charge is 2.25. The molecule has 2 rings (SSSR count). The number of carboxylic acids is 1. The average Bonchev–Trinajstić information content (AvgIpc) is 2.88. The summed E-state index contributed by atoms with van der Waals surface area (Å²) in [6.07, 6.45) is 1.76. The fourth-order valence-electron chi connectivity index (χ4n) is 2.02. The van der Waals surface area contributed by atoms with E-state index >= 15 is 0 Å². The molecule has 1 fully saturated rings. The van der Waals surface area contributed by atoms with Gasteiger partial charge >= 0.3 is 5.97 Å². The second-order valence-electron chi connectivity index (χ2n) is 4.28. The molecule has 0 spiro atoms. The number of piperidine rings is 1. The third kappa shape index (κ3) is 2.51. The molecule has 1 amide bonds. The van der Waals surface area contributed by atoms with E-state index in [1.165, 1.54) is 0 Å². The Kier molecular flexibility index (Phi) is 3.61. The molecule has 1 aromatic heterocycles. The highest BCUT2D eigenvalue weighted by Crippen LogP contribution is 2.14. The zero-order chi connectivity index (χ0) is 13.1. The van der Waals surface area contributed by atoms with Gasteiger partial charge in [0, 0.05) is 19.2 Å². The van der Waals surface area contributed by atoms with E-state index in [0.29, 0.717) is 0 Å². The first-order valence-corrected chi connectivity index (χ1v) is 5.77. The zero-order valence-electron chi connectivity index (χ0n) is 10.0. The van der Waals surface area contributed by atoms with Crippen molar-refractivity contribution < 1.29 is 19.2 Å². The van der Waals surface area contributed by atoms with Gasteiger partial charge in [-0.2, -0.15) is 0 Å². The van der Waals surface area contributed by atoms with Gasteiger partial charge in [0.15, 0.2) is 5.69 Å². The molecule has 0 unspecified atom stereocenters. The van der Waals surface area contributed by atoms with E-state index in [2.05, 4.69) is 15.0 Å². The van der Waals surface area contributed by atoms with Gasteiger partial charge in [-0.1, -0.05) is 5.16 Å². The summed E-state index contributed by atoms with van der Waals surface area (Å²) < 4.78 is 4.58. The van der Waals surface area contributed by atoms with Gasteiger partial charge in [-0.25, -0.2) is 4.79 Å². The minimum absolute atomic E-state index is 0.0356. The summed E-state index contributed by atoms with van der Waals surface area (Å²) in [5.41, 5.74) is 0.0356. The third-order valence-electron chi connectivity index (χ3n) is 3.12. The quantitative estimate of drug-likeness (QED) is 0.798. The minimum Gasteiger partial charge on any atom is -0.475 e. The number of carbonyl (C=O) groups is 2. The van der Waals surface area contributed by atoms with Gasteiger partial charge in [-0.05, 0) is 25.9 Å².